The molecule has 0 saturated carbocycles. The van der Waals surface area contributed by atoms with Crippen LogP contribution in [0.3, 0.4) is 0 Å². The molecule has 5 rings (SSSR count). The highest BCUT2D eigenvalue weighted by molar-refractivity contribution is 5.73. The summed E-state index contributed by atoms with van der Waals surface area (Å²) in [5, 5.41) is 4.28. The average Bonchev–Trinajstić information content (AvgIpc) is 3.42. The molecule has 0 saturated heterocycles. The van der Waals surface area contributed by atoms with Gasteiger partial charge in [0.05, 0.1) is 18.4 Å². The summed E-state index contributed by atoms with van der Waals surface area (Å²) in [6.45, 7) is 4.70. The van der Waals surface area contributed by atoms with E-state index in [0.29, 0.717) is 29.5 Å². The lowest BCUT2D eigenvalue weighted by atomic mass is 9.97. The van der Waals surface area contributed by atoms with Gasteiger partial charge in [-0.1, -0.05) is 50.2 Å². The van der Waals surface area contributed by atoms with Gasteiger partial charge < -0.3 is 4.98 Å². The molecule has 31 heavy (non-hydrogen) atoms. The van der Waals surface area contributed by atoms with E-state index >= 15 is 0 Å². The third kappa shape index (κ3) is 3.54. The van der Waals surface area contributed by atoms with E-state index in [4.69, 9.17) is 4.98 Å². The van der Waals surface area contributed by atoms with Gasteiger partial charge in [0.2, 0.25) is 0 Å². The molecule has 0 aliphatic carbocycles. The molecule has 3 heterocycles. The summed E-state index contributed by atoms with van der Waals surface area (Å²) >= 11 is 0. The fraction of sp³-hybridized carbons (Fsp3) is 0.167. The van der Waals surface area contributed by atoms with E-state index in [9.17, 15) is 4.79 Å². The van der Waals surface area contributed by atoms with Crippen molar-refractivity contribution in [1.29, 1.82) is 0 Å². The summed E-state index contributed by atoms with van der Waals surface area (Å²) in [6.07, 6.45) is 5.32. The molecule has 0 aliphatic heterocycles. The lowest BCUT2D eigenvalue weighted by molar-refractivity contribution is 0.774. The number of aromatic amines is 1. The molecular weight excluding hydrogens is 388 g/mol. The number of H-pyrrole nitrogens is 1. The third-order valence-electron chi connectivity index (χ3n) is 5.35. The van der Waals surface area contributed by atoms with Gasteiger partial charge in [0, 0.05) is 18.0 Å². The van der Waals surface area contributed by atoms with Crippen molar-refractivity contribution in [2.75, 3.05) is 0 Å². The maximum atomic E-state index is 12.7. The van der Waals surface area contributed by atoms with Crippen LogP contribution in [0.2, 0.25) is 0 Å². The van der Waals surface area contributed by atoms with Crippen LogP contribution in [0.1, 0.15) is 30.9 Å². The highest BCUT2D eigenvalue weighted by Gasteiger charge is 2.15. The Morgan fingerprint density at radius 1 is 1.06 bits per heavy atom. The predicted octanol–water partition coefficient (Wildman–Crippen LogP) is 4.14. The van der Waals surface area contributed by atoms with E-state index in [-0.39, 0.29) is 5.69 Å². The molecule has 0 bridgehead atoms. The SMILES string of the molecule is CC(C)c1ccccc1-c1ncc2[nH]c(=O)n(Cc3cccc(-n4cccn4)c3)c2n1. The fourth-order valence-electron chi connectivity index (χ4n) is 3.83. The van der Waals surface area contributed by atoms with E-state index in [0.717, 1.165) is 16.8 Å². The summed E-state index contributed by atoms with van der Waals surface area (Å²) in [5.41, 5.74) is 5.11. The molecule has 2 aromatic carbocycles. The Kier molecular flexibility index (Phi) is 4.71. The van der Waals surface area contributed by atoms with Gasteiger partial charge >= 0.3 is 5.69 Å². The Bertz CT molecular complexity index is 1410. The van der Waals surface area contributed by atoms with E-state index in [1.54, 1.807) is 21.6 Å². The first-order valence-corrected chi connectivity index (χ1v) is 10.2. The van der Waals surface area contributed by atoms with Crippen molar-refractivity contribution in [3.8, 4) is 17.1 Å². The zero-order chi connectivity index (χ0) is 21.4. The summed E-state index contributed by atoms with van der Waals surface area (Å²) in [5.74, 6) is 0.962. The molecule has 0 unspecified atom stereocenters. The topological polar surface area (TPSA) is 81.4 Å². The molecule has 1 N–H and O–H groups in total. The Hall–Kier alpha value is -4.00. The van der Waals surface area contributed by atoms with Crippen molar-refractivity contribution in [3.05, 3.63) is 94.8 Å². The monoisotopic (exact) mass is 410 g/mol. The number of fused-ring (bicyclic) bond motifs is 1. The summed E-state index contributed by atoms with van der Waals surface area (Å²) in [6, 6.07) is 18.0. The van der Waals surface area contributed by atoms with Crippen LogP contribution < -0.4 is 5.69 Å². The Morgan fingerprint density at radius 3 is 2.74 bits per heavy atom. The van der Waals surface area contributed by atoms with Gasteiger partial charge in [-0.25, -0.2) is 19.4 Å². The molecule has 7 nitrogen and oxygen atoms in total. The van der Waals surface area contributed by atoms with Crippen molar-refractivity contribution >= 4 is 11.2 Å². The van der Waals surface area contributed by atoms with Gasteiger partial charge in [-0.05, 0) is 35.2 Å². The van der Waals surface area contributed by atoms with Crippen LogP contribution in [0, 0.1) is 0 Å². The normalized spacial score (nSPS) is 11.5. The number of nitrogens with one attached hydrogen (secondary N) is 1. The predicted molar refractivity (Wildman–Crippen MR) is 120 cm³/mol. The van der Waals surface area contributed by atoms with Crippen LogP contribution in [0.5, 0.6) is 0 Å². The van der Waals surface area contributed by atoms with Crippen LogP contribution >= 0.6 is 0 Å². The number of imidazole rings is 1. The molecule has 3 aromatic heterocycles. The maximum absolute atomic E-state index is 12.7. The van der Waals surface area contributed by atoms with Crippen LogP contribution in [0.15, 0.2) is 78.0 Å². The lowest BCUT2D eigenvalue weighted by Gasteiger charge is -2.11. The molecule has 154 valence electrons. The largest absolute Gasteiger partial charge is 0.328 e. The van der Waals surface area contributed by atoms with Crippen LogP contribution in [0.25, 0.3) is 28.2 Å². The molecule has 0 amide bonds. The van der Waals surface area contributed by atoms with E-state index < -0.39 is 0 Å². The quantitative estimate of drug-likeness (QED) is 0.472. The number of aromatic nitrogens is 6. The van der Waals surface area contributed by atoms with E-state index in [2.05, 4.69) is 35.0 Å². The first-order valence-electron chi connectivity index (χ1n) is 10.2. The number of nitrogens with zero attached hydrogens (tertiary/aromatic N) is 5. The number of benzene rings is 2. The minimum Gasteiger partial charge on any atom is -0.303 e. The minimum atomic E-state index is -0.205. The van der Waals surface area contributed by atoms with E-state index in [1.165, 1.54) is 5.56 Å². The van der Waals surface area contributed by atoms with Crippen molar-refractivity contribution in [3.63, 3.8) is 0 Å². The van der Waals surface area contributed by atoms with Crippen molar-refractivity contribution in [2.45, 2.75) is 26.3 Å². The highest BCUT2D eigenvalue weighted by Crippen LogP contribution is 2.27. The summed E-state index contributed by atoms with van der Waals surface area (Å²) in [4.78, 5) is 24.9. The Labute approximate surface area is 179 Å². The van der Waals surface area contributed by atoms with Crippen LogP contribution in [-0.2, 0) is 6.54 Å². The smallest absolute Gasteiger partial charge is 0.303 e. The lowest BCUT2D eigenvalue weighted by Crippen LogP contribution is -2.18. The summed E-state index contributed by atoms with van der Waals surface area (Å²) < 4.78 is 3.45. The van der Waals surface area contributed by atoms with Crippen LogP contribution in [-0.4, -0.2) is 29.3 Å². The fourth-order valence-corrected chi connectivity index (χ4v) is 3.83. The second-order valence-electron chi connectivity index (χ2n) is 7.81. The molecule has 0 aliphatic rings. The number of hydrogen-bond donors (Lipinski definition) is 1. The molecule has 0 fully saturated rings. The highest BCUT2D eigenvalue weighted by atomic mass is 16.1. The molecule has 5 aromatic rings. The molecular formula is C24H22N6O. The van der Waals surface area contributed by atoms with Crippen molar-refractivity contribution in [1.82, 2.24) is 29.3 Å². The van der Waals surface area contributed by atoms with Gasteiger partial charge in [-0.2, -0.15) is 5.10 Å². The summed E-state index contributed by atoms with van der Waals surface area (Å²) in [7, 11) is 0. The number of rotatable bonds is 5. The molecule has 0 spiro atoms. The standard InChI is InChI=1S/C24H22N6O/c1-16(2)19-9-3-4-10-20(19)22-25-14-21-23(28-22)29(24(31)27-21)15-17-7-5-8-18(13-17)30-12-6-11-26-30/h3-14,16H,15H2,1-2H3,(H,27,31). The Morgan fingerprint density at radius 2 is 1.94 bits per heavy atom. The first-order chi connectivity index (χ1) is 15.1. The van der Waals surface area contributed by atoms with Crippen LogP contribution in [0.4, 0.5) is 0 Å². The van der Waals surface area contributed by atoms with Gasteiger partial charge in [-0.15, -0.1) is 0 Å². The zero-order valence-electron chi connectivity index (χ0n) is 17.4. The Balaban J connectivity index is 1.58. The second-order valence-corrected chi connectivity index (χ2v) is 7.81. The maximum Gasteiger partial charge on any atom is 0.328 e. The number of hydrogen-bond acceptors (Lipinski definition) is 4. The zero-order valence-corrected chi connectivity index (χ0v) is 17.4. The molecule has 0 radical (unpaired) electrons. The van der Waals surface area contributed by atoms with E-state index in [1.807, 2.05) is 54.7 Å². The molecule has 7 heteroatoms. The van der Waals surface area contributed by atoms with Gasteiger partial charge in [-0.3, -0.25) is 4.57 Å². The molecule has 0 atom stereocenters. The third-order valence-corrected chi connectivity index (χ3v) is 5.35. The van der Waals surface area contributed by atoms with Gasteiger partial charge in [0.15, 0.2) is 11.5 Å². The first kappa shape index (κ1) is 19.0. The average molecular weight is 410 g/mol. The van der Waals surface area contributed by atoms with Gasteiger partial charge in [0.1, 0.15) is 5.52 Å². The van der Waals surface area contributed by atoms with Crippen molar-refractivity contribution < 1.29 is 0 Å². The minimum absolute atomic E-state index is 0.205. The second kappa shape index (κ2) is 7.68. The van der Waals surface area contributed by atoms with Crippen molar-refractivity contribution in [2.24, 2.45) is 0 Å². The van der Waals surface area contributed by atoms with Gasteiger partial charge in [0.25, 0.3) is 0 Å².